The van der Waals surface area contributed by atoms with Crippen molar-refractivity contribution in [3.05, 3.63) is 22.2 Å². The van der Waals surface area contributed by atoms with E-state index in [0.29, 0.717) is 12.3 Å². The van der Waals surface area contributed by atoms with Crippen LogP contribution in [0.3, 0.4) is 0 Å². The van der Waals surface area contributed by atoms with Crippen LogP contribution in [0.4, 0.5) is 5.82 Å². The average molecular weight is 874 g/mol. The van der Waals surface area contributed by atoms with E-state index in [9.17, 15) is 53.1 Å². The van der Waals surface area contributed by atoms with Crippen LogP contribution in [0.5, 0.6) is 0 Å². The van der Waals surface area contributed by atoms with E-state index >= 15 is 0 Å². The molecule has 7 atom stereocenters. The predicted molar refractivity (Wildman–Crippen MR) is 194 cm³/mol. The fourth-order valence-corrected chi connectivity index (χ4v) is 7.77. The maximum atomic E-state index is 12.6. The van der Waals surface area contributed by atoms with Gasteiger partial charge in [0.2, 0.25) is 11.8 Å². The van der Waals surface area contributed by atoms with Gasteiger partial charge in [0, 0.05) is 30.7 Å². The Hall–Kier alpha value is -1.93. The van der Waals surface area contributed by atoms with Crippen LogP contribution >= 0.6 is 60.5 Å². The number of carbonyl (C=O) groups excluding carboxylic acids is 2. The van der Waals surface area contributed by atoms with Crippen molar-refractivity contribution in [1.82, 2.24) is 30.2 Å². The second-order valence-electron chi connectivity index (χ2n) is 11.6. The minimum absolute atomic E-state index is 0.00284. The highest BCUT2D eigenvalue weighted by Gasteiger charge is 2.50. The molecule has 1 saturated heterocycles. The van der Waals surface area contributed by atoms with Crippen molar-refractivity contribution in [3.63, 3.8) is 0 Å². The lowest BCUT2D eigenvalue weighted by atomic mass is 9.87. The molecule has 2 amide bonds. The van der Waals surface area contributed by atoms with E-state index in [1.54, 1.807) is 6.08 Å². The van der Waals surface area contributed by atoms with Gasteiger partial charge in [-0.25, -0.2) is 13.7 Å². The van der Waals surface area contributed by atoms with Gasteiger partial charge in [0.05, 0.1) is 13.2 Å². The number of fused-ring (bicyclic) bond motifs is 1. The highest BCUT2D eigenvalue weighted by molar-refractivity contribution is 7.80. The van der Waals surface area contributed by atoms with Crippen LogP contribution < -0.4 is 16.4 Å². The molecule has 1 aliphatic heterocycles. The van der Waals surface area contributed by atoms with Gasteiger partial charge in [0.15, 0.2) is 21.4 Å². The van der Waals surface area contributed by atoms with Gasteiger partial charge in [-0.05, 0) is 31.4 Å². The molecule has 302 valence electrons. The number of nitrogen functional groups attached to an aromatic ring is 1. The van der Waals surface area contributed by atoms with E-state index in [1.807, 2.05) is 6.92 Å². The fourth-order valence-electron chi connectivity index (χ4n) is 4.34. The lowest BCUT2D eigenvalue weighted by Gasteiger charge is -2.30. The number of nitrogens with one attached hydrogen (secondary N) is 4. The third kappa shape index (κ3) is 14.3. The van der Waals surface area contributed by atoms with Gasteiger partial charge in [-0.3, -0.25) is 27.7 Å². The van der Waals surface area contributed by atoms with Crippen molar-refractivity contribution < 1.29 is 75.7 Å². The standard InChI is InChI=1S/C21H36N7O16P3S3.C3H6/c1-21(2,14(31)17(32)24-4-3-10(29)23-5-6-48)8-41-47(38,39)44-46(36,37)40-7-9-13(43-45(33,34)35)12(30)18(42-9)28-16-11(25-20(28)50)15(22)26-19(49)27-16;1-3-2/h9,12-14,18,30-31,48H,3-8H2,1-2H3,(H,23,29)(H,24,32)(H,25,50)(H,36,37)(H,38,39)(H2,33,34,35)(H3,22,26,27,49);3H,1H2,2H3/t9-,12-,13-,14+,18-;/m1./s1. The molecule has 2 unspecified atom stereocenters. The number of ether oxygens (including phenoxy) is 1. The predicted octanol–water partition coefficient (Wildman–Crippen LogP) is 0.852. The molecule has 3 rings (SSSR count). The fraction of sp³-hybridized carbons (Fsp3) is 0.625. The van der Waals surface area contributed by atoms with E-state index in [1.165, 1.54) is 13.8 Å². The number of aliphatic hydroxyl groups excluding tert-OH is 2. The molecule has 0 bridgehead atoms. The summed E-state index contributed by atoms with van der Waals surface area (Å²) in [5.41, 5.74) is 4.37. The summed E-state index contributed by atoms with van der Waals surface area (Å²) in [6, 6.07) is 0. The number of hydrogen-bond acceptors (Lipinski definition) is 17. The summed E-state index contributed by atoms with van der Waals surface area (Å²) in [7, 11) is -16.4. The second-order valence-corrected chi connectivity index (χ2v) is 17.0. The first-order valence-electron chi connectivity index (χ1n) is 15.0. The van der Waals surface area contributed by atoms with Gasteiger partial charge in [0.1, 0.15) is 35.8 Å². The average Bonchev–Trinajstić information content (AvgIpc) is 3.51. The molecule has 0 aromatic carbocycles. The molecule has 1 aliphatic rings. The maximum Gasteiger partial charge on any atom is 0.481 e. The van der Waals surface area contributed by atoms with Gasteiger partial charge in [0.25, 0.3) is 0 Å². The number of phosphoric ester groups is 3. The highest BCUT2D eigenvalue weighted by Crippen LogP contribution is 2.61. The molecule has 0 radical (unpaired) electrons. The zero-order chi connectivity index (χ0) is 40.5. The first-order chi connectivity index (χ1) is 24.4. The number of phosphoric acid groups is 3. The topological polar surface area (TPSA) is 352 Å². The number of rotatable bonds is 18. The van der Waals surface area contributed by atoms with E-state index in [2.05, 4.69) is 53.6 Å². The lowest BCUT2D eigenvalue weighted by Crippen LogP contribution is -2.46. The smallest absolute Gasteiger partial charge is 0.386 e. The van der Waals surface area contributed by atoms with Crippen LogP contribution in [0, 0.1) is 15.0 Å². The van der Waals surface area contributed by atoms with Crippen LogP contribution in [-0.4, -0.2) is 118 Å². The number of H-pyrrole nitrogens is 2. The number of aliphatic hydroxyl groups is 2. The van der Waals surface area contributed by atoms with E-state index in [4.69, 9.17) is 44.0 Å². The number of thiol groups is 1. The number of carbonyl (C=O) groups is 2. The number of allylic oxidation sites excluding steroid dienone is 1. The Balaban J connectivity index is 0.00000313. The number of nitrogens with two attached hydrogens (primary N) is 1. The summed E-state index contributed by atoms with van der Waals surface area (Å²) >= 11 is 14.2. The molecule has 0 saturated carbocycles. The molecular weight excluding hydrogens is 831 g/mol. The molecule has 1 fully saturated rings. The van der Waals surface area contributed by atoms with Gasteiger partial charge in [-0.1, -0.05) is 19.9 Å². The largest absolute Gasteiger partial charge is 0.481 e. The normalized spacial score (nSPS) is 21.8. The van der Waals surface area contributed by atoms with Gasteiger partial charge in [-0.15, -0.1) is 6.58 Å². The van der Waals surface area contributed by atoms with Gasteiger partial charge >= 0.3 is 23.5 Å². The van der Waals surface area contributed by atoms with Crippen molar-refractivity contribution in [1.29, 1.82) is 0 Å². The number of anilines is 1. The third-order valence-electron chi connectivity index (χ3n) is 6.73. The minimum atomic E-state index is -5.58. The van der Waals surface area contributed by atoms with E-state index in [0.717, 1.165) is 4.57 Å². The number of imidazole rings is 1. The third-order valence-corrected chi connectivity index (χ3v) is 10.5. The SMILES string of the molecule is C=CC.CC(C)(COP(=O)(O)OP(=O)(O)OC[C@H]1O[C@@H](n2c(=S)[nH]c3c(N)[nH]c(=S)nc32)[C@H](O)[C@@H]1OP(=O)(O)O)[C@@H](O)C(=O)NCCC(=O)NCCS. The lowest BCUT2D eigenvalue weighted by molar-refractivity contribution is -0.137. The van der Waals surface area contributed by atoms with Crippen LogP contribution in [0.25, 0.3) is 11.2 Å². The molecule has 29 heteroatoms. The van der Waals surface area contributed by atoms with Crippen molar-refractivity contribution in [3.8, 4) is 0 Å². The molecule has 2 aromatic rings. The summed E-state index contributed by atoms with van der Waals surface area (Å²) in [6.45, 7) is 5.90. The second kappa shape index (κ2) is 19.8. The monoisotopic (exact) mass is 873 g/mol. The maximum absolute atomic E-state index is 12.6. The van der Waals surface area contributed by atoms with Crippen molar-refractivity contribution >= 4 is 89.3 Å². The number of hydrogen-bond donors (Lipinski definition) is 12. The van der Waals surface area contributed by atoms with E-state index in [-0.39, 0.29) is 45.4 Å². The zero-order valence-electron chi connectivity index (χ0n) is 28.3. The Morgan fingerprint density at radius 3 is 2.34 bits per heavy atom. The Morgan fingerprint density at radius 1 is 1.15 bits per heavy atom. The molecule has 2 aromatic heterocycles. The Bertz CT molecular complexity index is 1870. The summed E-state index contributed by atoms with van der Waals surface area (Å²) in [6.07, 6.45) is -7.51. The summed E-state index contributed by atoms with van der Waals surface area (Å²) < 4.78 is 61.7. The van der Waals surface area contributed by atoms with Crippen LogP contribution in [0.2, 0.25) is 0 Å². The minimum Gasteiger partial charge on any atom is -0.386 e. The molecule has 23 nitrogen and oxygen atoms in total. The number of aromatic nitrogens is 4. The molecule has 0 aliphatic carbocycles. The van der Waals surface area contributed by atoms with Crippen LogP contribution in [-0.2, 0) is 45.9 Å². The molecular formula is C24H42N7O16P3S3. The molecule has 0 spiro atoms. The first kappa shape index (κ1) is 47.2. The van der Waals surface area contributed by atoms with Gasteiger partial charge in [-0.2, -0.15) is 21.9 Å². The summed E-state index contributed by atoms with van der Waals surface area (Å²) in [5.74, 6) is -0.927. The summed E-state index contributed by atoms with van der Waals surface area (Å²) in [5, 5.41) is 26.3. The van der Waals surface area contributed by atoms with Crippen molar-refractivity contribution in [2.24, 2.45) is 5.41 Å². The zero-order valence-corrected chi connectivity index (χ0v) is 33.5. The van der Waals surface area contributed by atoms with Gasteiger partial charge < -0.3 is 60.9 Å². The Labute approximate surface area is 317 Å². The Morgan fingerprint density at radius 2 is 1.75 bits per heavy atom. The first-order valence-corrected chi connectivity index (χ1v) is 21.0. The van der Waals surface area contributed by atoms with Crippen LogP contribution in [0.15, 0.2) is 12.7 Å². The molecule has 53 heavy (non-hydrogen) atoms. The summed E-state index contributed by atoms with van der Waals surface area (Å²) in [4.78, 5) is 72.5. The molecule has 12 N–H and O–H groups in total. The van der Waals surface area contributed by atoms with Crippen LogP contribution in [0.1, 0.15) is 33.4 Å². The van der Waals surface area contributed by atoms with Crippen molar-refractivity contribution in [2.45, 2.75) is 57.8 Å². The number of aromatic amines is 2. The number of nitrogens with zero attached hydrogens (tertiary/aromatic N) is 2. The highest BCUT2D eigenvalue weighted by atomic mass is 32.1. The quantitative estimate of drug-likeness (QED) is 0.0427. The van der Waals surface area contributed by atoms with Crippen molar-refractivity contribution in [2.75, 3.05) is 37.8 Å². The Kier molecular flexibility index (Phi) is 17.6. The number of amides is 2. The molecule has 3 heterocycles. The van der Waals surface area contributed by atoms with E-state index < -0.39 is 78.6 Å².